The third-order valence-corrected chi connectivity index (χ3v) is 3.38. The Balaban J connectivity index is 2.24. The van der Waals surface area contributed by atoms with Gasteiger partial charge in [0.2, 0.25) is 0 Å². The van der Waals surface area contributed by atoms with Crippen molar-refractivity contribution in [3.8, 4) is 0 Å². The zero-order valence-electron chi connectivity index (χ0n) is 9.36. The highest BCUT2D eigenvalue weighted by Crippen LogP contribution is 2.41. The number of ether oxygens (including phenoxy) is 1. The largest absolute Gasteiger partial charge is 0.383 e. The number of benzene rings is 1. The minimum atomic E-state index is -0.800. The molecule has 0 radical (unpaired) electrons. The Hall–Kier alpha value is -0.860. The van der Waals surface area contributed by atoms with E-state index in [1.165, 1.54) is 0 Å². The lowest BCUT2D eigenvalue weighted by atomic mass is 9.85. The molecule has 0 aromatic heterocycles. The molecule has 2 atom stereocenters. The Kier molecular flexibility index (Phi) is 2.57. The lowest BCUT2D eigenvalue weighted by molar-refractivity contribution is -0.00450. The predicted molar refractivity (Wildman–Crippen MR) is 59.6 cm³/mol. The van der Waals surface area contributed by atoms with Crippen LogP contribution in [0.3, 0.4) is 0 Å². The lowest BCUT2D eigenvalue weighted by Gasteiger charge is -2.24. The van der Waals surface area contributed by atoms with Gasteiger partial charge in [0, 0.05) is 6.42 Å². The molecule has 0 saturated carbocycles. The van der Waals surface area contributed by atoms with Crippen molar-refractivity contribution in [3.63, 3.8) is 0 Å². The third kappa shape index (κ3) is 1.92. The first-order chi connectivity index (χ1) is 7.08. The van der Waals surface area contributed by atoms with Gasteiger partial charge in [0.05, 0.1) is 12.2 Å². The lowest BCUT2D eigenvalue weighted by Crippen LogP contribution is -2.28. The number of rotatable bonds is 2. The Labute approximate surface area is 90.9 Å². The standard InChI is InChI=1S/C13H18O2/c1-3-12(2)9-13(14,10-15-12)11-7-5-4-6-8-11/h4-8,14H,3,9-10H2,1-2H3. The molecule has 0 aliphatic carbocycles. The van der Waals surface area contributed by atoms with Crippen molar-refractivity contribution in [2.45, 2.75) is 37.9 Å². The molecular formula is C13H18O2. The number of hydrogen-bond acceptors (Lipinski definition) is 2. The molecule has 2 nitrogen and oxygen atoms in total. The monoisotopic (exact) mass is 206 g/mol. The topological polar surface area (TPSA) is 29.5 Å². The van der Waals surface area contributed by atoms with Crippen LogP contribution in [0.15, 0.2) is 30.3 Å². The summed E-state index contributed by atoms with van der Waals surface area (Å²) in [5.41, 5.74) is -0.0152. The molecule has 2 heteroatoms. The molecule has 1 saturated heterocycles. The summed E-state index contributed by atoms with van der Waals surface area (Å²) in [7, 11) is 0. The minimum absolute atomic E-state index is 0.176. The maximum atomic E-state index is 10.5. The van der Waals surface area contributed by atoms with E-state index in [0.29, 0.717) is 13.0 Å². The van der Waals surface area contributed by atoms with Crippen molar-refractivity contribution in [1.29, 1.82) is 0 Å². The van der Waals surface area contributed by atoms with Crippen LogP contribution in [0.1, 0.15) is 32.3 Å². The van der Waals surface area contributed by atoms with Crippen molar-refractivity contribution in [2.24, 2.45) is 0 Å². The number of aliphatic hydroxyl groups is 1. The molecule has 1 heterocycles. The van der Waals surface area contributed by atoms with Gasteiger partial charge in [0.25, 0.3) is 0 Å². The van der Waals surface area contributed by atoms with Gasteiger partial charge in [-0.2, -0.15) is 0 Å². The van der Waals surface area contributed by atoms with Crippen LogP contribution in [0.25, 0.3) is 0 Å². The van der Waals surface area contributed by atoms with E-state index < -0.39 is 5.60 Å². The Morgan fingerprint density at radius 2 is 2.00 bits per heavy atom. The Bertz CT molecular complexity index is 336. The van der Waals surface area contributed by atoms with Crippen LogP contribution in [0.2, 0.25) is 0 Å². The fourth-order valence-electron chi connectivity index (χ4n) is 2.18. The van der Waals surface area contributed by atoms with E-state index in [9.17, 15) is 5.11 Å². The van der Waals surface area contributed by atoms with Gasteiger partial charge in [-0.3, -0.25) is 0 Å². The molecular weight excluding hydrogens is 188 g/mol. The van der Waals surface area contributed by atoms with Gasteiger partial charge in [-0.05, 0) is 18.9 Å². The summed E-state index contributed by atoms with van der Waals surface area (Å²) in [6.07, 6.45) is 1.61. The molecule has 1 aliphatic rings. The average molecular weight is 206 g/mol. The highest BCUT2D eigenvalue weighted by molar-refractivity contribution is 5.24. The van der Waals surface area contributed by atoms with Crippen LogP contribution in [0.5, 0.6) is 0 Å². The highest BCUT2D eigenvalue weighted by atomic mass is 16.5. The van der Waals surface area contributed by atoms with Crippen molar-refractivity contribution in [3.05, 3.63) is 35.9 Å². The maximum Gasteiger partial charge on any atom is 0.116 e. The third-order valence-electron chi connectivity index (χ3n) is 3.38. The summed E-state index contributed by atoms with van der Waals surface area (Å²) in [5.74, 6) is 0. The van der Waals surface area contributed by atoms with Gasteiger partial charge in [-0.15, -0.1) is 0 Å². The van der Waals surface area contributed by atoms with Gasteiger partial charge in [0.1, 0.15) is 5.60 Å². The van der Waals surface area contributed by atoms with Gasteiger partial charge < -0.3 is 9.84 Å². The summed E-state index contributed by atoms with van der Waals surface area (Å²) < 4.78 is 5.71. The van der Waals surface area contributed by atoms with E-state index in [-0.39, 0.29) is 5.60 Å². The summed E-state index contributed by atoms with van der Waals surface area (Å²) >= 11 is 0. The van der Waals surface area contributed by atoms with Crippen LogP contribution in [0.4, 0.5) is 0 Å². The first-order valence-electron chi connectivity index (χ1n) is 5.50. The van der Waals surface area contributed by atoms with Crippen LogP contribution >= 0.6 is 0 Å². The second kappa shape index (κ2) is 3.62. The molecule has 0 spiro atoms. The molecule has 2 rings (SSSR count). The molecule has 1 aromatic rings. The summed E-state index contributed by atoms with van der Waals surface area (Å²) in [6, 6.07) is 9.79. The number of hydrogen-bond donors (Lipinski definition) is 1. The average Bonchev–Trinajstić information content (AvgIpc) is 2.59. The van der Waals surface area contributed by atoms with Gasteiger partial charge in [-0.25, -0.2) is 0 Å². The second-order valence-electron chi connectivity index (χ2n) is 4.67. The van der Waals surface area contributed by atoms with Crippen LogP contribution < -0.4 is 0 Å². The van der Waals surface area contributed by atoms with Crippen molar-refractivity contribution >= 4 is 0 Å². The predicted octanol–water partition coefficient (Wildman–Crippen LogP) is 2.46. The van der Waals surface area contributed by atoms with Crippen molar-refractivity contribution < 1.29 is 9.84 Å². The van der Waals surface area contributed by atoms with E-state index >= 15 is 0 Å². The zero-order valence-corrected chi connectivity index (χ0v) is 9.36. The second-order valence-corrected chi connectivity index (χ2v) is 4.67. The molecule has 15 heavy (non-hydrogen) atoms. The molecule has 0 bridgehead atoms. The van der Waals surface area contributed by atoms with Crippen LogP contribution in [-0.2, 0) is 10.3 Å². The van der Waals surface area contributed by atoms with Crippen molar-refractivity contribution in [2.75, 3.05) is 6.61 Å². The molecule has 82 valence electrons. The molecule has 0 amide bonds. The Morgan fingerprint density at radius 1 is 1.33 bits per heavy atom. The summed E-state index contributed by atoms with van der Waals surface area (Å²) in [4.78, 5) is 0. The first kappa shape index (κ1) is 10.7. The van der Waals surface area contributed by atoms with E-state index in [4.69, 9.17) is 4.74 Å². The van der Waals surface area contributed by atoms with E-state index in [1.807, 2.05) is 30.3 Å². The van der Waals surface area contributed by atoms with Crippen LogP contribution in [0, 0.1) is 0 Å². The normalized spacial score (nSPS) is 35.7. The SMILES string of the molecule is CCC1(C)CC(O)(c2ccccc2)CO1. The van der Waals surface area contributed by atoms with Crippen LogP contribution in [-0.4, -0.2) is 17.3 Å². The summed E-state index contributed by atoms with van der Waals surface area (Å²) in [6.45, 7) is 4.56. The molecule has 1 aliphatic heterocycles. The zero-order chi connectivity index (χ0) is 10.9. The molecule has 1 fully saturated rings. The van der Waals surface area contributed by atoms with Crippen molar-refractivity contribution in [1.82, 2.24) is 0 Å². The summed E-state index contributed by atoms with van der Waals surface area (Å²) in [5, 5.41) is 10.5. The smallest absolute Gasteiger partial charge is 0.116 e. The fourth-order valence-corrected chi connectivity index (χ4v) is 2.18. The van der Waals surface area contributed by atoms with E-state index in [0.717, 1.165) is 12.0 Å². The fraction of sp³-hybridized carbons (Fsp3) is 0.538. The Morgan fingerprint density at radius 3 is 2.53 bits per heavy atom. The van der Waals surface area contributed by atoms with E-state index in [2.05, 4.69) is 13.8 Å². The molecule has 2 unspecified atom stereocenters. The molecule has 1 N–H and O–H groups in total. The van der Waals surface area contributed by atoms with E-state index in [1.54, 1.807) is 0 Å². The van der Waals surface area contributed by atoms with Gasteiger partial charge in [0.15, 0.2) is 0 Å². The first-order valence-corrected chi connectivity index (χ1v) is 5.50. The maximum absolute atomic E-state index is 10.5. The highest BCUT2D eigenvalue weighted by Gasteiger charge is 2.45. The minimum Gasteiger partial charge on any atom is -0.383 e. The van der Waals surface area contributed by atoms with Gasteiger partial charge >= 0.3 is 0 Å². The molecule has 1 aromatic carbocycles. The quantitative estimate of drug-likeness (QED) is 0.805. The van der Waals surface area contributed by atoms with Gasteiger partial charge in [-0.1, -0.05) is 37.3 Å².